The van der Waals surface area contributed by atoms with E-state index in [0.29, 0.717) is 6.54 Å². The van der Waals surface area contributed by atoms with Crippen LogP contribution in [0.4, 0.5) is 0 Å². The maximum atomic E-state index is 12.7. The third kappa shape index (κ3) is 2.78. The predicted octanol–water partition coefficient (Wildman–Crippen LogP) is 3.00. The lowest BCUT2D eigenvalue weighted by molar-refractivity contribution is -0.149. The molecule has 2 N–H and O–H groups in total. The summed E-state index contributed by atoms with van der Waals surface area (Å²) in [6, 6.07) is 9.71. The predicted molar refractivity (Wildman–Crippen MR) is 87.5 cm³/mol. The van der Waals surface area contributed by atoms with E-state index in [0.717, 1.165) is 18.4 Å². The molecule has 2 aliphatic rings. The number of carbonyl (C=O) groups excluding carboxylic acids is 1. The molecule has 0 spiro atoms. The second-order valence-corrected chi connectivity index (χ2v) is 6.84. The molecule has 1 amide bonds. The number of hydrogen-bond acceptors (Lipinski definition) is 2. The minimum Gasteiger partial charge on any atom is -0.481 e. The maximum Gasteiger partial charge on any atom is 0.307 e. The highest BCUT2D eigenvalue weighted by Gasteiger charge is 2.57. The zero-order valence-corrected chi connectivity index (χ0v) is 13.6. The fourth-order valence-corrected chi connectivity index (χ4v) is 4.51. The van der Waals surface area contributed by atoms with Gasteiger partial charge in [-0.25, -0.2) is 0 Å². The number of rotatable bonds is 4. The number of allylic oxidation sites excluding steroid dienone is 2. The lowest BCUT2D eigenvalue weighted by Gasteiger charge is -2.26. The van der Waals surface area contributed by atoms with Crippen molar-refractivity contribution in [1.82, 2.24) is 5.32 Å². The first-order chi connectivity index (χ1) is 11.0. The Morgan fingerprint density at radius 2 is 1.70 bits per heavy atom. The van der Waals surface area contributed by atoms with Gasteiger partial charge in [-0.15, -0.1) is 0 Å². The van der Waals surface area contributed by atoms with Crippen LogP contribution < -0.4 is 5.32 Å². The van der Waals surface area contributed by atoms with Gasteiger partial charge in [0.25, 0.3) is 0 Å². The van der Waals surface area contributed by atoms with Gasteiger partial charge in [0.1, 0.15) is 0 Å². The first kappa shape index (κ1) is 15.8. The summed E-state index contributed by atoms with van der Waals surface area (Å²) < 4.78 is 0. The van der Waals surface area contributed by atoms with E-state index in [1.54, 1.807) is 0 Å². The van der Waals surface area contributed by atoms with Gasteiger partial charge in [-0.1, -0.05) is 41.5 Å². The van der Waals surface area contributed by atoms with Crippen molar-refractivity contribution in [2.45, 2.75) is 33.2 Å². The number of benzene rings is 1. The zero-order valence-electron chi connectivity index (χ0n) is 13.6. The minimum absolute atomic E-state index is 0.0370. The van der Waals surface area contributed by atoms with E-state index >= 15 is 0 Å². The molecule has 1 aromatic carbocycles. The summed E-state index contributed by atoms with van der Waals surface area (Å²) in [7, 11) is 0. The van der Waals surface area contributed by atoms with Crippen LogP contribution in [0, 0.1) is 23.7 Å². The molecule has 2 bridgehead atoms. The van der Waals surface area contributed by atoms with Gasteiger partial charge >= 0.3 is 5.97 Å². The summed E-state index contributed by atoms with van der Waals surface area (Å²) in [6.45, 7) is 4.51. The van der Waals surface area contributed by atoms with Crippen LogP contribution >= 0.6 is 0 Å². The molecular formula is C19H23NO3. The molecule has 122 valence electrons. The van der Waals surface area contributed by atoms with Crippen LogP contribution in [0.1, 0.15) is 32.3 Å². The highest BCUT2D eigenvalue weighted by Crippen LogP contribution is 2.57. The van der Waals surface area contributed by atoms with Gasteiger partial charge in [0.05, 0.1) is 11.8 Å². The SMILES string of the molecule is CC(C)=C1[C@H]2CC[C@H]1[C@H](C(=O)NCc1ccccc1)[C@H]2C(=O)O. The van der Waals surface area contributed by atoms with Crippen LogP contribution in [0.25, 0.3) is 0 Å². The van der Waals surface area contributed by atoms with Crippen molar-refractivity contribution in [2.24, 2.45) is 23.7 Å². The molecular weight excluding hydrogens is 290 g/mol. The second-order valence-electron chi connectivity index (χ2n) is 6.84. The van der Waals surface area contributed by atoms with Crippen LogP contribution in [-0.2, 0) is 16.1 Å². The van der Waals surface area contributed by atoms with Crippen LogP contribution in [-0.4, -0.2) is 17.0 Å². The Balaban J connectivity index is 1.79. The topological polar surface area (TPSA) is 66.4 Å². The molecule has 1 aromatic rings. The smallest absolute Gasteiger partial charge is 0.307 e. The highest BCUT2D eigenvalue weighted by atomic mass is 16.4. The summed E-state index contributed by atoms with van der Waals surface area (Å²) in [6.07, 6.45) is 1.82. The maximum absolute atomic E-state index is 12.7. The number of fused-ring (bicyclic) bond motifs is 2. The Bertz CT molecular complexity index is 646. The van der Waals surface area contributed by atoms with Gasteiger partial charge in [0, 0.05) is 6.54 Å². The summed E-state index contributed by atoms with van der Waals surface area (Å²) >= 11 is 0. The Kier molecular flexibility index (Phi) is 4.24. The largest absolute Gasteiger partial charge is 0.481 e. The van der Waals surface area contributed by atoms with E-state index in [9.17, 15) is 14.7 Å². The number of hydrogen-bond donors (Lipinski definition) is 2. The van der Waals surface area contributed by atoms with Crippen molar-refractivity contribution in [3.8, 4) is 0 Å². The third-order valence-electron chi connectivity index (χ3n) is 5.32. The van der Waals surface area contributed by atoms with Crippen molar-refractivity contribution in [2.75, 3.05) is 0 Å². The van der Waals surface area contributed by atoms with Crippen molar-refractivity contribution in [1.29, 1.82) is 0 Å². The van der Waals surface area contributed by atoms with Crippen molar-refractivity contribution in [3.05, 3.63) is 47.0 Å². The molecule has 0 saturated heterocycles. The molecule has 0 radical (unpaired) electrons. The molecule has 4 nitrogen and oxygen atoms in total. The van der Waals surface area contributed by atoms with E-state index in [1.165, 1.54) is 11.1 Å². The first-order valence-corrected chi connectivity index (χ1v) is 8.22. The van der Waals surface area contributed by atoms with Gasteiger partial charge in [0.2, 0.25) is 5.91 Å². The Morgan fingerprint density at radius 3 is 2.26 bits per heavy atom. The fourth-order valence-electron chi connectivity index (χ4n) is 4.51. The Morgan fingerprint density at radius 1 is 1.09 bits per heavy atom. The Hall–Kier alpha value is -2.10. The highest BCUT2D eigenvalue weighted by molar-refractivity contribution is 5.87. The lowest BCUT2D eigenvalue weighted by Crippen LogP contribution is -2.41. The summed E-state index contributed by atoms with van der Waals surface area (Å²) in [4.78, 5) is 24.4. The standard InChI is InChI=1S/C19H23NO3/c1-11(2)15-13-8-9-14(15)17(19(22)23)16(13)18(21)20-10-12-6-4-3-5-7-12/h3-7,13-14,16-17H,8-10H2,1-2H3,(H,20,21)(H,22,23)/t13-,14-,16+,17+/m1/s1. The molecule has 2 saturated carbocycles. The van der Waals surface area contributed by atoms with Crippen molar-refractivity contribution >= 4 is 11.9 Å². The van der Waals surface area contributed by atoms with Crippen molar-refractivity contribution < 1.29 is 14.7 Å². The third-order valence-corrected chi connectivity index (χ3v) is 5.32. The van der Waals surface area contributed by atoms with Crippen LogP contribution in [0.15, 0.2) is 41.5 Å². The van der Waals surface area contributed by atoms with E-state index < -0.39 is 17.8 Å². The number of nitrogens with one attached hydrogen (secondary N) is 1. The van der Waals surface area contributed by atoms with E-state index in [1.807, 2.05) is 44.2 Å². The fraction of sp³-hybridized carbons (Fsp3) is 0.474. The van der Waals surface area contributed by atoms with Crippen molar-refractivity contribution in [3.63, 3.8) is 0 Å². The van der Waals surface area contributed by atoms with Gasteiger partial charge < -0.3 is 10.4 Å². The monoisotopic (exact) mass is 313 g/mol. The van der Waals surface area contributed by atoms with E-state index in [-0.39, 0.29) is 17.7 Å². The first-order valence-electron chi connectivity index (χ1n) is 8.22. The summed E-state index contributed by atoms with van der Waals surface area (Å²) in [5.74, 6) is -1.82. The molecule has 0 heterocycles. The number of carbonyl (C=O) groups is 2. The lowest BCUT2D eigenvalue weighted by atomic mass is 9.78. The van der Waals surface area contributed by atoms with Gasteiger partial charge in [-0.3, -0.25) is 9.59 Å². The molecule has 4 heteroatoms. The molecule has 3 rings (SSSR count). The van der Waals surface area contributed by atoms with E-state index in [4.69, 9.17) is 0 Å². The molecule has 2 aliphatic carbocycles. The zero-order chi connectivity index (χ0) is 16.6. The summed E-state index contributed by atoms with van der Waals surface area (Å²) in [5, 5.41) is 12.6. The molecule has 23 heavy (non-hydrogen) atoms. The molecule has 0 unspecified atom stereocenters. The van der Waals surface area contributed by atoms with Crippen LogP contribution in [0.5, 0.6) is 0 Å². The van der Waals surface area contributed by atoms with Crippen LogP contribution in [0.2, 0.25) is 0 Å². The number of carboxylic acid groups (broad SMARTS) is 1. The molecule has 2 fully saturated rings. The minimum atomic E-state index is -0.837. The normalized spacial score (nSPS) is 28.7. The van der Waals surface area contributed by atoms with Gasteiger partial charge in [-0.2, -0.15) is 0 Å². The molecule has 0 aliphatic heterocycles. The van der Waals surface area contributed by atoms with Crippen LogP contribution in [0.3, 0.4) is 0 Å². The average Bonchev–Trinajstić information content (AvgIpc) is 3.09. The number of amides is 1. The molecule has 4 atom stereocenters. The summed E-state index contributed by atoms with van der Waals surface area (Å²) in [5.41, 5.74) is 3.43. The quantitative estimate of drug-likeness (QED) is 0.840. The van der Waals surface area contributed by atoms with E-state index in [2.05, 4.69) is 5.32 Å². The Labute approximate surface area is 136 Å². The number of aliphatic carboxylic acids is 1. The average molecular weight is 313 g/mol. The van der Waals surface area contributed by atoms with Gasteiger partial charge in [-0.05, 0) is 44.1 Å². The second kappa shape index (κ2) is 6.19. The van der Waals surface area contributed by atoms with Gasteiger partial charge in [0.15, 0.2) is 0 Å². The number of carboxylic acids is 1. The molecule has 0 aromatic heterocycles.